The Hall–Kier alpha value is -1.40. The topological polar surface area (TPSA) is 39.9 Å². The zero-order valence-electron chi connectivity index (χ0n) is 10.2. The summed E-state index contributed by atoms with van der Waals surface area (Å²) in [4.78, 5) is 6.50. The lowest BCUT2D eigenvalue weighted by Crippen LogP contribution is -2.26. The van der Waals surface area contributed by atoms with E-state index in [4.69, 9.17) is 5.26 Å². The Kier molecular flexibility index (Phi) is 4.52. The quantitative estimate of drug-likeness (QED) is 0.782. The van der Waals surface area contributed by atoms with Crippen molar-refractivity contribution in [3.05, 3.63) is 29.6 Å². The molecule has 2 rings (SSSR count). The van der Waals surface area contributed by atoms with Gasteiger partial charge in [-0.3, -0.25) is 4.90 Å². The van der Waals surface area contributed by atoms with Gasteiger partial charge < -0.3 is 0 Å². The maximum absolute atomic E-state index is 8.82. The number of nitriles is 1. The maximum atomic E-state index is 8.82. The maximum Gasteiger partial charge on any atom is 0.140 e. The summed E-state index contributed by atoms with van der Waals surface area (Å²) in [5.74, 6) is 0. The van der Waals surface area contributed by atoms with Crippen molar-refractivity contribution in [1.82, 2.24) is 9.88 Å². The van der Waals surface area contributed by atoms with Gasteiger partial charge in [-0.2, -0.15) is 5.26 Å². The SMILES string of the molecule is N#Cc1cc(CN2CCCCCCC2)ccn1. The summed E-state index contributed by atoms with van der Waals surface area (Å²) in [6.07, 6.45) is 8.44. The predicted molar refractivity (Wildman–Crippen MR) is 67.3 cm³/mol. The average Bonchev–Trinajstić information content (AvgIpc) is 2.33. The van der Waals surface area contributed by atoms with E-state index in [1.165, 1.54) is 50.8 Å². The van der Waals surface area contributed by atoms with Crippen LogP contribution in [0.25, 0.3) is 0 Å². The van der Waals surface area contributed by atoms with Crippen molar-refractivity contribution in [3.63, 3.8) is 0 Å². The fraction of sp³-hybridized carbons (Fsp3) is 0.571. The third kappa shape index (κ3) is 3.83. The van der Waals surface area contributed by atoms with Gasteiger partial charge in [0.2, 0.25) is 0 Å². The van der Waals surface area contributed by atoms with Gasteiger partial charge in [-0.05, 0) is 43.6 Å². The zero-order valence-corrected chi connectivity index (χ0v) is 10.2. The average molecular weight is 229 g/mol. The van der Waals surface area contributed by atoms with Gasteiger partial charge >= 0.3 is 0 Å². The minimum atomic E-state index is 0.523. The van der Waals surface area contributed by atoms with Crippen LogP contribution in [-0.2, 0) is 6.54 Å². The Bertz CT molecular complexity index is 387. The number of hydrogen-bond acceptors (Lipinski definition) is 3. The van der Waals surface area contributed by atoms with E-state index in [1.54, 1.807) is 6.20 Å². The van der Waals surface area contributed by atoms with Crippen molar-refractivity contribution >= 4 is 0 Å². The summed E-state index contributed by atoms with van der Waals surface area (Å²) in [6.45, 7) is 3.33. The van der Waals surface area contributed by atoms with Crippen molar-refractivity contribution in [1.29, 1.82) is 5.26 Å². The third-order valence-corrected chi connectivity index (χ3v) is 3.29. The number of pyridine rings is 1. The van der Waals surface area contributed by atoms with Crippen LogP contribution in [0.2, 0.25) is 0 Å². The molecule has 0 aromatic carbocycles. The Morgan fingerprint density at radius 3 is 2.59 bits per heavy atom. The van der Waals surface area contributed by atoms with Crippen molar-refractivity contribution in [2.75, 3.05) is 13.1 Å². The van der Waals surface area contributed by atoms with E-state index in [2.05, 4.69) is 16.0 Å². The summed E-state index contributed by atoms with van der Waals surface area (Å²) in [7, 11) is 0. The minimum Gasteiger partial charge on any atom is -0.299 e. The minimum absolute atomic E-state index is 0.523. The Morgan fingerprint density at radius 2 is 1.88 bits per heavy atom. The molecule has 0 N–H and O–H groups in total. The molecule has 1 aliphatic rings. The van der Waals surface area contributed by atoms with Crippen molar-refractivity contribution in [3.8, 4) is 6.07 Å². The molecule has 1 aromatic rings. The Labute approximate surface area is 103 Å². The van der Waals surface area contributed by atoms with Crippen LogP contribution in [0.15, 0.2) is 18.3 Å². The van der Waals surface area contributed by atoms with Crippen molar-refractivity contribution < 1.29 is 0 Å². The van der Waals surface area contributed by atoms with Crippen LogP contribution in [-0.4, -0.2) is 23.0 Å². The third-order valence-electron chi connectivity index (χ3n) is 3.29. The highest BCUT2D eigenvalue weighted by Crippen LogP contribution is 2.13. The van der Waals surface area contributed by atoms with Crippen LogP contribution in [0.1, 0.15) is 43.4 Å². The molecule has 0 bridgehead atoms. The molecule has 0 saturated carbocycles. The molecule has 1 fully saturated rings. The van der Waals surface area contributed by atoms with Crippen molar-refractivity contribution in [2.24, 2.45) is 0 Å². The number of nitrogens with zero attached hydrogens (tertiary/aromatic N) is 3. The molecule has 90 valence electrons. The first kappa shape index (κ1) is 12.1. The Balaban J connectivity index is 1.96. The number of aromatic nitrogens is 1. The van der Waals surface area contributed by atoms with Crippen LogP contribution in [0, 0.1) is 11.3 Å². The smallest absolute Gasteiger partial charge is 0.140 e. The van der Waals surface area contributed by atoms with Crippen LogP contribution >= 0.6 is 0 Å². The van der Waals surface area contributed by atoms with E-state index in [0.717, 1.165) is 6.54 Å². The molecule has 3 heteroatoms. The number of rotatable bonds is 2. The molecular weight excluding hydrogens is 210 g/mol. The molecule has 17 heavy (non-hydrogen) atoms. The molecule has 2 heterocycles. The zero-order chi connectivity index (χ0) is 11.9. The first-order chi connectivity index (χ1) is 8.38. The van der Waals surface area contributed by atoms with Gasteiger partial charge in [0.05, 0.1) is 0 Å². The molecule has 1 aliphatic heterocycles. The Morgan fingerprint density at radius 1 is 1.18 bits per heavy atom. The van der Waals surface area contributed by atoms with Crippen LogP contribution in [0.4, 0.5) is 0 Å². The first-order valence-corrected chi connectivity index (χ1v) is 6.46. The second-order valence-corrected chi connectivity index (χ2v) is 4.71. The highest BCUT2D eigenvalue weighted by atomic mass is 15.1. The molecule has 0 unspecified atom stereocenters. The van der Waals surface area contributed by atoms with Gasteiger partial charge in [-0.25, -0.2) is 4.98 Å². The second-order valence-electron chi connectivity index (χ2n) is 4.71. The van der Waals surface area contributed by atoms with E-state index in [-0.39, 0.29) is 0 Å². The van der Waals surface area contributed by atoms with Gasteiger partial charge in [0.1, 0.15) is 11.8 Å². The highest BCUT2D eigenvalue weighted by Gasteiger charge is 2.08. The summed E-state index contributed by atoms with van der Waals surface area (Å²) in [5.41, 5.74) is 1.73. The molecule has 1 aromatic heterocycles. The van der Waals surface area contributed by atoms with E-state index >= 15 is 0 Å². The summed E-state index contributed by atoms with van der Waals surface area (Å²) in [6, 6.07) is 6.01. The predicted octanol–water partition coefficient (Wildman–Crippen LogP) is 2.72. The van der Waals surface area contributed by atoms with Crippen molar-refractivity contribution in [2.45, 2.75) is 38.6 Å². The van der Waals surface area contributed by atoms with Crippen LogP contribution in [0.3, 0.4) is 0 Å². The first-order valence-electron chi connectivity index (χ1n) is 6.46. The molecule has 0 radical (unpaired) electrons. The molecule has 0 amide bonds. The lowest BCUT2D eigenvalue weighted by molar-refractivity contribution is 0.240. The molecule has 0 atom stereocenters. The van der Waals surface area contributed by atoms with E-state index in [1.807, 2.05) is 12.1 Å². The standard InChI is InChI=1S/C14H19N3/c15-11-14-10-13(6-7-16-14)12-17-8-4-2-1-3-5-9-17/h6-7,10H,1-5,8-9,12H2. The second kappa shape index (κ2) is 6.36. The van der Waals surface area contributed by atoms with Gasteiger partial charge in [0.15, 0.2) is 0 Å². The van der Waals surface area contributed by atoms with Gasteiger partial charge in [-0.1, -0.05) is 19.3 Å². The molecule has 0 spiro atoms. The fourth-order valence-corrected chi connectivity index (χ4v) is 2.36. The summed E-state index contributed by atoms with van der Waals surface area (Å²) >= 11 is 0. The van der Waals surface area contributed by atoms with Crippen LogP contribution in [0.5, 0.6) is 0 Å². The lowest BCUT2D eigenvalue weighted by atomic mass is 10.1. The normalized spacial score (nSPS) is 18.1. The molecule has 3 nitrogen and oxygen atoms in total. The van der Waals surface area contributed by atoms with E-state index < -0.39 is 0 Å². The largest absolute Gasteiger partial charge is 0.299 e. The summed E-state index contributed by atoms with van der Waals surface area (Å²) in [5, 5.41) is 8.82. The van der Waals surface area contributed by atoms with Gasteiger partial charge in [0, 0.05) is 12.7 Å². The monoisotopic (exact) mass is 229 g/mol. The number of hydrogen-bond donors (Lipinski definition) is 0. The van der Waals surface area contributed by atoms with Gasteiger partial charge in [0.25, 0.3) is 0 Å². The summed E-state index contributed by atoms with van der Waals surface area (Å²) < 4.78 is 0. The van der Waals surface area contributed by atoms with Gasteiger partial charge in [-0.15, -0.1) is 0 Å². The van der Waals surface area contributed by atoms with Crippen LogP contribution < -0.4 is 0 Å². The fourth-order valence-electron chi connectivity index (χ4n) is 2.36. The molecular formula is C14H19N3. The molecule has 0 aliphatic carbocycles. The lowest BCUT2D eigenvalue weighted by Gasteiger charge is -2.24. The van der Waals surface area contributed by atoms with E-state index in [9.17, 15) is 0 Å². The highest BCUT2D eigenvalue weighted by molar-refractivity contribution is 5.25. The molecule has 1 saturated heterocycles. The number of likely N-dealkylation sites (tertiary alicyclic amines) is 1. The van der Waals surface area contributed by atoms with E-state index in [0.29, 0.717) is 5.69 Å².